The fourth-order valence-electron chi connectivity index (χ4n) is 2.12. The molecule has 0 radical (unpaired) electrons. The number of sulfone groups is 1. The van der Waals surface area contributed by atoms with Crippen molar-refractivity contribution in [2.45, 2.75) is 11.8 Å². The van der Waals surface area contributed by atoms with Crippen LogP contribution in [0, 0.1) is 0 Å². The van der Waals surface area contributed by atoms with Gasteiger partial charge in [0.05, 0.1) is 16.8 Å². The SMILES string of the molecule is CCS(=O)(=O)c1cccc(Nc2cc(Nc3ncc(C(=O)O)s3)ncn2)c1. The number of benzene rings is 1. The lowest BCUT2D eigenvalue weighted by atomic mass is 10.3. The van der Waals surface area contributed by atoms with E-state index in [1.165, 1.54) is 18.6 Å². The van der Waals surface area contributed by atoms with Crippen molar-refractivity contribution in [2.24, 2.45) is 0 Å². The Morgan fingerprint density at radius 1 is 1.15 bits per heavy atom. The second-order valence-corrected chi connectivity index (χ2v) is 8.61. The Balaban J connectivity index is 1.78. The van der Waals surface area contributed by atoms with Gasteiger partial charge in [0.2, 0.25) is 0 Å². The summed E-state index contributed by atoms with van der Waals surface area (Å²) < 4.78 is 24.0. The van der Waals surface area contributed by atoms with Gasteiger partial charge in [-0.3, -0.25) is 0 Å². The number of carboxylic acid groups (broad SMARTS) is 1. The van der Waals surface area contributed by atoms with Gasteiger partial charge in [-0.1, -0.05) is 24.3 Å². The van der Waals surface area contributed by atoms with Crippen molar-refractivity contribution in [2.75, 3.05) is 16.4 Å². The number of nitrogens with zero attached hydrogens (tertiary/aromatic N) is 3. The lowest BCUT2D eigenvalue weighted by molar-refractivity contribution is 0.0702. The van der Waals surface area contributed by atoms with E-state index in [0.717, 1.165) is 11.3 Å². The lowest BCUT2D eigenvalue weighted by Gasteiger charge is -2.09. The third-order valence-electron chi connectivity index (χ3n) is 3.46. The highest BCUT2D eigenvalue weighted by atomic mass is 32.2. The van der Waals surface area contributed by atoms with E-state index in [-0.39, 0.29) is 15.5 Å². The van der Waals surface area contributed by atoms with Gasteiger partial charge in [-0.25, -0.2) is 28.2 Å². The molecule has 0 atom stereocenters. The van der Waals surface area contributed by atoms with Gasteiger partial charge in [0, 0.05) is 11.8 Å². The smallest absolute Gasteiger partial charge is 0.347 e. The van der Waals surface area contributed by atoms with Crippen LogP contribution in [0.3, 0.4) is 0 Å². The van der Waals surface area contributed by atoms with Crippen LogP contribution in [-0.4, -0.2) is 40.2 Å². The molecule has 140 valence electrons. The Morgan fingerprint density at radius 3 is 2.56 bits per heavy atom. The Bertz CT molecular complexity index is 1080. The normalized spacial score (nSPS) is 11.1. The predicted molar refractivity (Wildman–Crippen MR) is 102 cm³/mol. The lowest BCUT2D eigenvalue weighted by Crippen LogP contribution is -2.04. The van der Waals surface area contributed by atoms with E-state index in [1.54, 1.807) is 31.2 Å². The molecule has 3 aromatic rings. The van der Waals surface area contributed by atoms with E-state index >= 15 is 0 Å². The van der Waals surface area contributed by atoms with Crippen LogP contribution in [0.15, 0.2) is 47.8 Å². The molecule has 0 bridgehead atoms. The van der Waals surface area contributed by atoms with Crippen molar-refractivity contribution < 1.29 is 18.3 Å². The van der Waals surface area contributed by atoms with Gasteiger partial charge >= 0.3 is 5.97 Å². The zero-order chi connectivity index (χ0) is 19.4. The first-order valence-corrected chi connectivity index (χ1v) is 10.2. The third-order valence-corrected chi connectivity index (χ3v) is 6.10. The molecule has 0 fully saturated rings. The first kappa shape index (κ1) is 18.7. The number of nitrogens with one attached hydrogen (secondary N) is 2. The van der Waals surface area contributed by atoms with Crippen LogP contribution < -0.4 is 10.6 Å². The molecule has 0 amide bonds. The van der Waals surface area contributed by atoms with Gasteiger partial charge in [0.1, 0.15) is 22.8 Å². The fourth-order valence-corrected chi connectivity index (χ4v) is 3.70. The maximum Gasteiger partial charge on any atom is 0.347 e. The van der Waals surface area contributed by atoms with Gasteiger partial charge in [-0.2, -0.15) is 0 Å². The van der Waals surface area contributed by atoms with E-state index in [2.05, 4.69) is 25.6 Å². The number of hydrogen-bond acceptors (Lipinski definition) is 9. The largest absolute Gasteiger partial charge is 0.477 e. The van der Waals surface area contributed by atoms with Gasteiger partial charge in [-0.05, 0) is 18.2 Å². The molecule has 3 rings (SSSR count). The maximum absolute atomic E-state index is 12.0. The second-order valence-electron chi connectivity index (χ2n) is 5.30. The van der Waals surface area contributed by atoms with Crippen LogP contribution in [0.25, 0.3) is 0 Å². The minimum Gasteiger partial charge on any atom is -0.477 e. The van der Waals surface area contributed by atoms with Crippen molar-refractivity contribution >= 4 is 49.6 Å². The van der Waals surface area contributed by atoms with E-state index < -0.39 is 15.8 Å². The first-order valence-electron chi connectivity index (χ1n) is 7.75. The molecule has 2 heterocycles. The summed E-state index contributed by atoms with van der Waals surface area (Å²) >= 11 is 0.984. The Hall–Kier alpha value is -3.05. The molecule has 0 aliphatic rings. The molecule has 1 aromatic carbocycles. The summed E-state index contributed by atoms with van der Waals surface area (Å²) in [6.45, 7) is 1.59. The number of anilines is 4. The molecule has 2 aromatic heterocycles. The highest BCUT2D eigenvalue weighted by molar-refractivity contribution is 7.91. The topological polar surface area (TPSA) is 134 Å². The average molecular weight is 405 g/mol. The molecule has 3 N–H and O–H groups in total. The minimum absolute atomic E-state index is 0.0180. The molecule has 0 spiro atoms. The number of aromatic carboxylic acids is 1. The molecular formula is C16H15N5O4S2. The zero-order valence-electron chi connectivity index (χ0n) is 14.1. The van der Waals surface area contributed by atoms with Crippen molar-refractivity contribution in [1.82, 2.24) is 15.0 Å². The first-order chi connectivity index (χ1) is 12.9. The van der Waals surface area contributed by atoms with Crippen molar-refractivity contribution in [3.63, 3.8) is 0 Å². The molecule has 27 heavy (non-hydrogen) atoms. The summed E-state index contributed by atoms with van der Waals surface area (Å²) in [7, 11) is -3.31. The van der Waals surface area contributed by atoms with Crippen molar-refractivity contribution in [3.8, 4) is 0 Å². The molecule has 0 saturated heterocycles. The molecule has 0 saturated carbocycles. The maximum atomic E-state index is 12.0. The number of carbonyl (C=O) groups is 1. The second kappa shape index (κ2) is 7.68. The van der Waals surface area contributed by atoms with Gasteiger partial charge in [-0.15, -0.1) is 0 Å². The number of carboxylic acids is 1. The molecule has 11 heteroatoms. The van der Waals surface area contributed by atoms with Crippen LogP contribution in [-0.2, 0) is 9.84 Å². The predicted octanol–water partition coefficient (Wildman–Crippen LogP) is 2.91. The van der Waals surface area contributed by atoms with Gasteiger partial charge in [0.25, 0.3) is 0 Å². The highest BCUT2D eigenvalue weighted by Crippen LogP contribution is 2.24. The average Bonchev–Trinajstić information content (AvgIpc) is 3.11. The number of aromatic nitrogens is 3. The number of rotatable bonds is 7. The summed E-state index contributed by atoms with van der Waals surface area (Å²) in [4.78, 5) is 23.4. The molecule has 0 unspecified atom stereocenters. The molecular weight excluding hydrogens is 390 g/mol. The van der Waals surface area contributed by atoms with Gasteiger partial charge < -0.3 is 15.7 Å². The number of hydrogen-bond donors (Lipinski definition) is 3. The molecule has 0 aliphatic heterocycles. The zero-order valence-corrected chi connectivity index (χ0v) is 15.7. The standard InChI is InChI=1S/C16H15N5O4S2/c1-2-27(24,25)11-5-3-4-10(6-11)20-13-7-14(19-9-18-13)21-16-17-8-12(26-16)15(22)23/h3-9H,2H2,1H3,(H,22,23)(H2,17,18,19,20,21). The van der Waals surface area contributed by atoms with Gasteiger partial charge in [0.15, 0.2) is 15.0 Å². The summed E-state index contributed by atoms with van der Waals surface area (Å²) in [5.41, 5.74) is 0.566. The summed E-state index contributed by atoms with van der Waals surface area (Å²) in [6.07, 6.45) is 2.58. The summed E-state index contributed by atoms with van der Waals surface area (Å²) in [6, 6.07) is 8.05. The van der Waals surface area contributed by atoms with E-state index in [9.17, 15) is 13.2 Å². The van der Waals surface area contributed by atoms with E-state index in [0.29, 0.717) is 22.5 Å². The van der Waals surface area contributed by atoms with Crippen LogP contribution in [0.4, 0.5) is 22.5 Å². The highest BCUT2D eigenvalue weighted by Gasteiger charge is 2.12. The quantitative estimate of drug-likeness (QED) is 0.542. The van der Waals surface area contributed by atoms with Crippen LogP contribution in [0.1, 0.15) is 16.6 Å². The summed E-state index contributed by atoms with van der Waals surface area (Å²) in [5, 5.41) is 15.2. The molecule has 9 nitrogen and oxygen atoms in total. The number of thiazole rings is 1. The van der Waals surface area contributed by atoms with Crippen LogP contribution >= 0.6 is 11.3 Å². The Morgan fingerprint density at radius 2 is 1.89 bits per heavy atom. The van der Waals surface area contributed by atoms with E-state index in [4.69, 9.17) is 5.11 Å². The van der Waals surface area contributed by atoms with Crippen LogP contribution in [0.2, 0.25) is 0 Å². The Kier molecular flexibility index (Phi) is 5.33. The molecule has 0 aliphatic carbocycles. The van der Waals surface area contributed by atoms with Crippen LogP contribution in [0.5, 0.6) is 0 Å². The monoisotopic (exact) mass is 405 g/mol. The third kappa shape index (κ3) is 4.57. The van der Waals surface area contributed by atoms with E-state index in [1.807, 2.05) is 0 Å². The summed E-state index contributed by atoms with van der Waals surface area (Å²) in [5.74, 6) is -0.179. The fraction of sp³-hybridized carbons (Fsp3) is 0.125. The van der Waals surface area contributed by atoms with Crippen molar-refractivity contribution in [1.29, 1.82) is 0 Å². The Labute approximate surface area is 159 Å². The minimum atomic E-state index is -3.31. The van der Waals surface area contributed by atoms with Crippen molar-refractivity contribution in [3.05, 3.63) is 47.7 Å².